The van der Waals surface area contributed by atoms with Gasteiger partial charge in [0.15, 0.2) is 5.78 Å². The van der Waals surface area contributed by atoms with Gasteiger partial charge >= 0.3 is 0 Å². The fraction of sp³-hybridized carbons (Fsp3) is 0. The van der Waals surface area contributed by atoms with Gasteiger partial charge in [0.1, 0.15) is 11.2 Å². The van der Waals surface area contributed by atoms with Gasteiger partial charge in [0, 0.05) is 53.2 Å². The average Bonchev–Trinajstić information content (AvgIpc) is 3.38. The quantitative estimate of drug-likeness (QED) is 0.281. The largest absolute Gasteiger partial charge is 0.455 e. The number of hydrogen-bond donors (Lipinski definition) is 0. The molecule has 0 saturated heterocycles. The maximum Gasteiger partial charge on any atom is 0.194 e. The number of furan rings is 1. The molecule has 6 aromatic rings. The molecule has 0 bridgehead atoms. The first-order chi connectivity index (χ1) is 13.8. The smallest absolute Gasteiger partial charge is 0.194 e. The van der Waals surface area contributed by atoms with E-state index in [1.165, 1.54) is 20.2 Å². The van der Waals surface area contributed by atoms with E-state index in [0.717, 1.165) is 44.2 Å². The van der Waals surface area contributed by atoms with Crippen molar-refractivity contribution >= 4 is 59.2 Å². The normalized spacial score (nSPS) is 13.1. The van der Waals surface area contributed by atoms with Crippen molar-refractivity contribution in [2.45, 2.75) is 0 Å². The van der Waals surface area contributed by atoms with Crippen molar-refractivity contribution in [1.29, 1.82) is 0 Å². The number of carbonyl (C=O) groups excluding carboxylic acids is 1. The van der Waals surface area contributed by atoms with E-state index in [2.05, 4.69) is 36.4 Å². The molecule has 4 aromatic carbocycles. The Morgan fingerprint density at radius 1 is 0.643 bits per heavy atom. The Balaban J connectivity index is 1.72. The van der Waals surface area contributed by atoms with E-state index in [4.69, 9.17) is 4.42 Å². The van der Waals surface area contributed by atoms with Crippen molar-refractivity contribution in [3.05, 3.63) is 83.9 Å². The monoisotopic (exact) mass is 376 g/mol. The van der Waals surface area contributed by atoms with Gasteiger partial charge in [0.2, 0.25) is 0 Å². The summed E-state index contributed by atoms with van der Waals surface area (Å²) in [6.07, 6.45) is 0. The molecule has 28 heavy (non-hydrogen) atoms. The van der Waals surface area contributed by atoms with Crippen LogP contribution in [0.15, 0.2) is 77.2 Å². The van der Waals surface area contributed by atoms with Crippen molar-refractivity contribution in [2.75, 3.05) is 0 Å². The predicted octanol–water partition coefficient (Wildman–Crippen LogP) is 7.17. The van der Waals surface area contributed by atoms with Crippen LogP contribution in [0.3, 0.4) is 0 Å². The SMILES string of the molecule is O=C1c2ccc3c(oc4ccccc43)c2-c2c1ccc1c2sc2ccccc21. The third kappa shape index (κ3) is 1.62. The van der Waals surface area contributed by atoms with Crippen molar-refractivity contribution in [3.8, 4) is 11.1 Å². The summed E-state index contributed by atoms with van der Waals surface area (Å²) in [5.74, 6) is 0.0895. The molecular weight excluding hydrogens is 364 g/mol. The molecule has 0 N–H and O–H groups in total. The van der Waals surface area contributed by atoms with E-state index < -0.39 is 0 Å². The van der Waals surface area contributed by atoms with Crippen LogP contribution in [0.1, 0.15) is 15.9 Å². The lowest BCUT2D eigenvalue weighted by Gasteiger charge is -2.03. The molecule has 1 aliphatic carbocycles. The molecule has 0 spiro atoms. The van der Waals surface area contributed by atoms with Crippen LogP contribution >= 0.6 is 11.3 Å². The number of carbonyl (C=O) groups is 1. The number of rotatable bonds is 0. The van der Waals surface area contributed by atoms with Crippen LogP contribution in [-0.4, -0.2) is 5.78 Å². The van der Waals surface area contributed by atoms with Gasteiger partial charge < -0.3 is 4.42 Å². The molecule has 0 fully saturated rings. The minimum Gasteiger partial charge on any atom is -0.455 e. The Bertz CT molecular complexity index is 1510. The van der Waals surface area contributed by atoms with Gasteiger partial charge in [-0.15, -0.1) is 11.3 Å². The summed E-state index contributed by atoms with van der Waals surface area (Å²) in [6.45, 7) is 0. The second kappa shape index (κ2) is 4.89. The minimum atomic E-state index is 0.0895. The van der Waals surface area contributed by atoms with Crippen molar-refractivity contribution in [1.82, 2.24) is 0 Å². The maximum absolute atomic E-state index is 13.2. The van der Waals surface area contributed by atoms with Crippen LogP contribution in [0, 0.1) is 0 Å². The highest BCUT2D eigenvalue weighted by atomic mass is 32.1. The molecule has 1 aliphatic rings. The number of benzene rings is 4. The number of fused-ring (bicyclic) bond motifs is 11. The molecule has 2 heterocycles. The lowest BCUT2D eigenvalue weighted by atomic mass is 10.0. The highest BCUT2D eigenvalue weighted by molar-refractivity contribution is 7.26. The molecule has 0 atom stereocenters. The summed E-state index contributed by atoms with van der Waals surface area (Å²) < 4.78 is 8.68. The van der Waals surface area contributed by atoms with Gasteiger partial charge in [-0.2, -0.15) is 0 Å². The molecular formula is C25H12O2S. The summed E-state index contributed by atoms with van der Waals surface area (Å²) in [4.78, 5) is 13.2. The second-order valence-electron chi connectivity index (χ2n) is 7.26. The molecule has 0 amide bonds. The van der Waals surface area contributed by atoms with Gasteiger partial charge in [-0.1, -0.05) is 42.5 Å². The second-order valence-corrected chi connectivity index (χ2v) is 8.31. The zero-order chi connectivity index (χ0) is 18.4. The van der Waals surface area contributed by atoms with Crippen LogP contribution in [-0.2, 0) is 0 Å². The van der Waals surface area contributed by atoms with E-state index in [1.807, 2.05) is 36.4 Å². The van der Waals surface area contributed by atoms with Crippen LogP contribution < -0.4 is 0 Å². The summed E-state index contributed by atoms with van der Waals surface area (Å²) >= 11 is 1.75. The van der Waals surface area contributed by atoms with E-state index in [0.29, 0.717) is 0 Å². The summed E-state index contributed by atoms with van der Waals surface area (Å²) in [5, 5.41) is 4.59. The van der Waals surface area contributed by atoms with Crippen LogP contribution in [0.25, 0.3) is 53.2 Å². The van der Waals surface area contributed by atoms with E-state index in [9.17, 15) is 4.79 Å². The van der Waals surface area contributed by atoms with E-state index in [1.54, 1.807) is 11.3 Å². The minimum absolute atomic E-state index is 0.0895. The maximum atomic E-state index is 13.2. The molecule has 0 unspecified atom stereocenters. The highest BCUT2D eigenvalue weighted by Gasteiger charge is 2.32. The molecule has 0 aliphatic heterocycles. The fourth-order valence-corrected chi connectivity index (χ4v) is 5.85. The van der Waals surface area contributed by atoms with Crippen LogP contribution in [0.5, 0.6) is 0 Å². The Labute approximate surface area is 163 Å². The van der Waals surface area contributed by atoms with Gasteiger partial charge in [-0.3, -0.25) is 4.79 Å². The van der Waals surface area contributed by atoms with Gasteiger partial charge in [-0.05, 0) is 30.3 Å². The Hall–Kier alpha value is -3.43. The average molecular weight is 376 g/mol. The highest BCUT2D eigenvalue weighted by Crippen LogP contribution is 2.50. The fourth-order valence-electron chi connectivity index (χ4n) is 4.60. The number of hydrogen-bond acceptors (Lipinski definition) is 3. The first-order valence-corrected chi connectivity index (χ1v) is 10.1. The lowest BCUT2D eigenvalue weighted by molar-refractivity contribution is 0.104. The number of para-hydroxylation sites is 1. The number of thiophene rings is 1. The van der Waals surface area contributed by atoms with E-state index in [-0.39, 0.29) is 5.78 Å². The first kappa shape index (κ1) is 14.6. The molecule has 130 valence electrons. The summed E-state index contributed by atoms with van der Waals surface area (Å²) in [6, 6.07) is 24.5. The third-order valence-corrected chi connectivity index (χ3v) is 7.04. The topological polar surface area (TPSA) is 30.2 Å². The number of ketones is 1. The van der Waals surface area contributed by atoms with Gasteiger partial charge in [0.05, 0.1) is 0 Å². The van der Waals surface area contributed by atoms with Gasteiger partial charge in [0.25, 0.3) is 0 Å². The Morgan fingerprint density at radius 3 is 2.25 bits per heavy atom. The van der Waals surface area contributed by atoms with Crippen molar-refractivity contribution in [3.63, 3.8) is 0 Å². The third-order valence-electron chi connectivity index (χ3n) is 5.83. The first-order valence-electron chi connectivity index (χ1n) is 9.25. The van der Waals surface area contributed by atoms with Crippen LogP contribution in [0.2, 0.25) is 0 Å². The summed E-state index contributed by atoms with van der Waals surface area (Å²) in [5.41, 5.74) is 5.17. The zero-order valence-electron chi connectivity index (χ0n) is 14.7. The molecule has 7 rings (SSSR count). The summed E-state index contributed by atoms with van der Waals surface area (Å²) in [7, 11) is 0. The molecule has 0 saturated carbocycles. The van der Waals surface area contributed by atoms with E-state index >= 15 is 0 Å². The Morgan fingerprint density at radius 2 is 1.36 bits per heavy atom. The molecule has 2 nitrogen and oxygen atoms in total. The Kier molecular flexibility index (Phi) is 2.55. The predicted molar refractivity (Wildman–Crippen MR) is 115 cm³/mol. The molecule has 0 radical (unpaired) electrons. The van der Waals surface area contributed by atoms with Gasteiger partial charge in [-0.25, -0.2) is 0 Å². The lowest BCUT2D eigenvalue weighted by Crippen LogP contribution is -1.94. The molecule has 2 aromatic heterocycles. The molecule has 3 heteroatoms. The van der Waals surface area contributed by atoms with Crippen molar-refractivity contribution in [2.24, 2.45) is 0 Å². The van der Waals surface area contributed by atoms with Crippen LogP contribution in [0.4, 0.5) is 0 Å². The standard InChI is InChI=1S/C25H12O2S/c26-23-17-11-9-15-13-5-1-3-7-19(13)27-24(15)21(17)22-18(23)12-10-16-14-6-2-4-8-20(14)28-25(16)22/h1-12H. The zero-order valence-corrected chi connectivity index (χ0v) is 15.5. The van der Waals surface area contributed by atoms with Crippen molar-refractivity contribution < 1.29 is 9.21 Å².